The molecule has 0 atom stereocenters. The lowest BCUT2D eigenvalue weighted by Gasteiger charge is -2.03. The Hall–Kier alpha value is -3.00. The van der Waals surface area contributed by atoms with Gasteiger partial charge in [0.15, 0.2) is 9.84 Å². The van der Waals surface area contributed by atoms with Gasteiger partial charge in [0.25, 0.3) is 0 Å². The smallest absolute Gasteiger partial charge is 0.322 e. The van der Waals surface area contributed by atoms with E-state index < -0.39 is 9.84 Å². The van der Waals surface area contributed by atoms with Gasteiger partial charge in [0.2, 0.25) is 11.8 Å². The molecule has 7 nitrogen and oxygen atoms in total. The average molecular weight is 399 g/mol. The summed E-state index contributed by atoms with van der Waals surface area (Å²) in [5.74, 6) is 0.0875. The van der Waals surface area contributed by atoms with E-state index in [1.54, 1.807) is 12.1 Å². The summed E-state index contributed by atoms with van der Waals surface area (Å²) in [5, 5.41) is 10.4. The highest BCUT2D eigenvalue weighted by molar-refractivity contribution is 7.90. The molecule has 0 saturated carbocycles. The summed E-state index contributed by atoms with van der Waals surface area (Å²) in [6.07, 6.45) is 1.69. The summed E-state index contributed by atoms with van der Waals surface area (Å²) in [6.45, 7) is 4.09. The molecule has 1 amide bonds. The first kappa shape index (κ1) is 19.8. The lowest BCUT2D eigenvalue weighted by atomic mass is 10.0. The second kappa shape index (κ2) is 7.93. The molecule has 0 radical (unpaired) electrons. The molecule has 0 aliphatic carbocycles. The fraction of sp³-hybridized carbons (Fsp3) is 0.250. The molecule has 28 heavy (non-hydrogen) atoms. The van der Waals surface area contributed by atoms with Crippen LogP contribution in [-0.2, 0) is 27.5 Å². The number of benzene rings is 2. The molecule has 3 rings (SSSR count). The zero-order chi connectivity index (χ0) is 20.3. The predicted molar refractivity (Wildman–Crippen MR) is 105 cm³/mol. The number of rotatable bonds is 6. The van der Waals surface area contributed by atoms with Crippen molar-refractivity contribution >= 4 is 21.8 Å². The Morgan fingerprint density at radius 1 is 1.00 bits per heavy atom. The first-order valence-electron chi connectivity index (χ1n) is 8.68. The maximum absolute atomic E-state index is 12.2. The van der Waals surface area contributed by atoms with Crippen LogP contribution in [0.25, 0.3) is 0 Å². The molecule has 146 valence electrons. The van der Waals surface area contributed by atoms with Crippen LogP contribution in [-0.4, -0.2) is 30.8 Å². The van der Waals surface area contributed by atoms with Crippen LogP contribution in [0.15, 0.2) is 51.8 Å². The summed E-state index contributed by atoms with van der Waals surface area (Å²) in [7, 11) is -3.26. The van der Waals surface area contributed by atoms with Crippen LogP contribution in [0.5, 0.6) is 0 Å². The lowest BCUT2D eigenvalue weighted by molar-refractivity contribution is -0.115. The highest BCUT2D eigenvalue weighted by atomic mass is 32.2. The van der Waals surface area contributed by atoms with Crippen molar-refractivity contribution in [1.29, 1.82) is 0 Å². The Kier molecular flexibility index (Phi) is 5.60. The summed E-state index contributed by atoms with van der Waals surface area (Å²) in [4.78, 5) is 12.4. The van der Waals surface area contributed by atoms with Gasteiger partial charge in [-0.2, -0.15) is 0 Å². The highest BCUT2D eigenvalue weighted by Crippen LogP contribution is 2.16. The van der Waals surface area contributed by atoms with Crippen molar-refractivity contribution in [2.45, 2.75) is 31.6 Å². The summed E-state index contributed by atoms with van der Waals surface area (Å²) < 4.78 is 28.4. The van der Waals surface area contributed by atoms with Crippen LogP contribution >= 0.6 is 0 Å². The molecule has 0 aliphatic rings. The number of anilines is 1. The summed E-state index contributed by atoms with van der Waals surface area (Å²) in [5.41, 5.74) is 4.13. The van der Waals surface area contributed by atoms with E-state index in [-0.39, 0.29) is 23.2 Å². The SMILES string of the molecule is Cc1ccc(Cc2nnc(NC(=O)Cc3ccc(S(C)(=O)=O)cc3)o2)cc1C. The van der Waals surface area contributed by atoms with E-state index in [1.807, 2.05) is 26.0 Å². The third-order valence-electron chi connectivity index (χ3n) is 4.36. The number of carbonyl (C=O) groups excluding carboxylic acids is 1. The first-order chi connectivity index (χ1) is 13.2. The number of hydrogen-bond acceptors (Lipinski definition) is 6. The van der Waals surface area contributed by atoms with Crippen molar-refractivity contribution in [2.75, 3.05) is 11.6 Å². The Bertz CT molecular complexity index is 1100. The van der Waals surface area contributed by atoms with Gasteiger partial charge >= 0.3 is 6.01 Å². The van der Waals surface area contributed by atoms with Gasteiger partial charge < -0.3 is 4.42 Å². The highest BCUT2D eigenvalue weighted by Gasteiger charge is 2.12. The van der Waals surface area contributed by atoms with Crippen molar-refractivity contribution in [1.82, 2.24) is 10.2 Å². The first-order valence-corrected chi connectivity index (χ1v) is 10.6. The molecule has 3 aromatic rings. The van der Waals surface area contributed by atoms with E-state index in [0.717, 1.165) is 11.8 Å². The van der Waals surface area contributed by atoms with Gasteiger partial charge in [-0.3, -0.25) is 10.1 Å². The van der Waals surface area contributed by atoms with Gasteiger partial charge in [0.05, 0.1) is 17.7 Å². The number of amides is 1. The van der Waals surface area contributed by atoms with Crippen LogP contribution < -0.4 is 5.32 Å². The van der Waals surface area contributed by atoms with Gasteiger partial charge in [-0.1, -0.05) is 35.4 Å². The van der Waals surface area contributed by atoms with Crippen molar-refractivity contribution in [2.24, 2.45) is 0 Å². The molecule has 1 aromatic heterocycles. The minimum Gasteiger partial charge on any atom is -0.407 e. The van der Waals surface area contributed by atoms with E-state index in [4.69, 9.17) is 4.42 Å². The molecule has 8 heteroatoms. The van der Waals surface area contributed by atoms with Crippen molar-refractivity contribution < 1.29 is 17.6 Å². The summed E-state index contributed by atoms with van der Waals surface area (Å²) >= 11 is 0. The molecule has 0 unspecified atom stereocenters. The summed E-state index contributed by atoms with van der Waals surface area (Å²) in [6, 6.07) is 12.3. The monoisotopic (exact) mass is 399 g/mol. The van der Waals surface area contributed by atoms with E-state index in [9.17, 15) is 13.2 Å². The Labute approximate surface area is 163 Å². The van der Waals surface area contributed by atoms with Gasteiger partial charge in [-0.05, 0) is 48.2 Å². The minimum atomic E-state index is -3.26. The van der Waals surface area contributed by atoms with E-state index >= 15 is 0 Å². The number of aromatic nitrogens is 2. The van der Waals surface area contributed by atoms with E-state index in [2.05, 4.69) is 21.6 Å². The largest absolute Gasteiger partial charge is 0.407 e. The van der Waals surface area contributed by atoms with Crippen molar-refractivity contribution in [3.05, 3.63) is 70.6 Å². The second-order valence-corrected chi connectivity index (χ2v) is 8.75. The molecule has 0 spiro atoms. The standard InChI is InChI=1S/C20H21N3O4S/c1-13-4-5-16(10-14(13)2)12-19-22-23-20(27-19)21-18(24)11-15-6-8-17(9-7-15)28(3,25)26/h4-10H,11-12H2,1-3H3,(H,21,23,24). The van der Waals surface area contributed by atoms with Gasteiger partial charge in [-0.25, -0.2) is 8.42 Å². The molecule has 0 aliphatic heterocycles. The number of nitrogens with one attached hydrogen (secondary N) is 1. The Morgan fingerprint density at radius 3 is 2.32 bits per heavy atom. The Balaban J connectivity index is 1.59. The van der Waals surface area contributed by atoms with Gasteiger partial charge in [-0.15, -0.1) is 5.10 Å². The van der Waals surface area contributed by atoms with Crippen molar-refractivity contribution in [3.8, 4) is 0 Å². The quantitative estimate of drug-likeness (QED) is 0.684. The molecule has 1 N–H and O–H groups in total. The Morgan fingerprint density at radius 2 is 1.68 bits per heavy atom. The normalized spacial score (nSPS) is 11.4. The fourth-order valence-corrected chi connectivity index (χ4v) is 3.30. The predicted octanol–water partition coefficient (Wildman–Crippen LogP) is 2.86. The molecule has 2 aromatic carbocycles. The molecule has 0 fully saturated rings. The number of hydrogen-bond donors (Lipinski definition) is 1. The van der Waals surface area contributed by atoms with Crippen molar-refractivity contribution in [3.63, 3.8) is 0 Å². The number of aryl methyl sites for hydroxylation is 2. The van der Waals surface area contributed by atoms with Crippen LogP contribution in [0.2, 0.25) is 0 Å². The maximum Gasteiger partial charge on any atom is 0.322 e. The molecule has 0 bridgehead atoms. The number of carbonyl (C=O) groups is 1. The zero-order valence-electron chi connectivity index (χ0n) is 15.9. The topological polar surface area (TPSA) is 102 Å². The van der Waals surface area contributed by atoms with Gasteiger partial charge in [0, 0.05) is 6.26 Å². The van der Waals surface area contributed by atoms with E-state index in [0.29, 0.717) is 17.9 Å². The number of nitrogens with zero attached hydrogens (tertiary/aromatic N) is 2. The molecule has 1 heterocycles. The van der Waals surface area contributed by atoms with Crippen LogP contribution in [0, 0.1) is 13.8 Å². The van der Waals surface area contributed by atoms with Crippen LogP contribution in [0.3, 0.4) is 0 Å². The van der Waals surface area contributed by atoms with Crippen LogP contribution in [0.4, 0.5) is 6.01 Å². The zero-order valence-corrected chi connectivity index (χ0v) is 16.7. The third-order valence-corrected chi connectivity index (χ3v) is 5.48. The molecular weight excluding hydrogens is 378 g/mol. The lowest BCUT2D eigenvalue weighted by Crippen LogP contribution is -2.14. The average Bonchev–Trinajstić information content (AvgIpc) is 3.04. The maximum atomic E-state index is 12.2. The number of sulfone groups is 1. The van der Waals surface area contributed by atoms with Crippen LogP contribution in [0.1, 0.15) is 28.1 Å². The second-order valence-electron chi connectivity index (χ2n) is 6.74. The van der Waals surface area contributed by atoms with Gasteiger partial charge in [0.1, 0.15) is 0 Å². The van der Waals surface area contributed by atoms with E-state index in [1.165, 1.54) is 23.3 Å². The fourth-order valence-electron chi connectivity index (χ4n) is 2.67. The third kappa shape index (κ3) is 5.04. The molecular formula is C20H21N3O4S. The minimum absolute atomic E-state index is 0.0385. The molecule has 0 saturated heterocycles.